The average molecular weight is 213 g/mol. The zero-order valence-corrected chi connectivity index (χ0v) is 8.63. The van der Waals surface area contributed by atoms with Crippen molar-refractivity contribution in [1.82, 2.24) is 10.3 Å². The van der Waals surface area contributed by atoms with Gasteiger partial charge in [0.05, 0.1) is 6.20 Å². The average Bonchev–Trinajstić information content (AvgIpc) is 2.23. The van der Waals surface area contributed by atoms with Crippen molar-refractivity contribution in [2.75, 3.05) is 13.1 Å². The van der Waals surface area contributed by atoms with Crippen LogP contribution in [0.25, 0.3) is 0 Å². The summed E-state index contributed by atoms with van der Waals surface area (Å²) >= 11 is 5.68. The van der Waals surface area contributed by atoms with Gasteiger partial charge in [-0.25, -0.2) is 4.98 Å². The molecule has 1 atom stereocenters. The number of halogens is 1. The third-order valence-electron chi connectivity index (χ3n) is 2.25. The summed E-state index contributed by atoms with van der Waals surface area (Å²) in [5.41, 5.74) is 0. The molecule has 1 fully saturated rings. The van der Waals surface area contributed by atoms with Crippen LogP contribution in [0.5, 0.6) is 5.75 Å². The summed E-state index contributed by atoms with van der Waals surface area (Å²) in [6, 6.07) is 3.59. The minimum Gasteiger partial charge on any atom is -0.487 e. The molecule has 1 saturated heterocycles. The fourth-order valence-corrected chi connectivity index (χ4v) is 1.66. The maximum absolute atomic E-state index is 5.73. The summed E-state index contributed by atoms with van der Waals surface area (Å²) < 4.78 is 5.73. The number of ether oxygens (including phenoxy) is 1. The number of hydrogen-bond donors (Lipinski definition) is 1. The molecule has 3 nitrogen and oxygen atoms in total. The van der Waals surface area contributed by atoms with Crippen LogP contribution < -0.4 is 10.1 Å². The molecule has 76 valence electrons. The van der Waals surface area contributed by atoms with Crippen LogP contribution >= 0.6 is 11.6 Å². The number of hydrogen-bond acceptors (Lipinski definition) is 3. The summed E-state index contributed by atoms with van der Waals surface area (Å²) in [6.07, 6.45) is 4.21. The number of nitrogens with zero attached hydrogens (tertiary/aromatic N) is 1. The number of pyridine rings is 1. The minimum absolute atomic E-state index is 0.270. The first-order chi connectivity index (χ1) is 6.84. The molecule has 1 unspecified atom stereocenters. The van der Waals surface area contributed by atoms with Crippen molar-refractivity contribution in [2.45, 2.75) is 18.9 Å². The molecular formula is C10H13ClN2O. The Kier molecular flexibility index (Phi) is 3.22. The molecule has 0 saturated carbocycles. The van der Waals surface area contributed by atoms with E-state index in [4.69, 9.17) is 16.3 Å². The highest BCUT2D eigenvalue weighted by molar-refractivity contribution is 6.29. The fraction of sp³-hybridized carbons (Fsp3) is 0.500. The molecule has 2 rings (SSSR count). The Bertz CT molecular complexity index is 283. The molecule has 4 heteroatoms. The van der Waals surface area contributed by atoms with Crippen LogP contribution in [0.1, 0.15) is 12.8 Å². The van der Waals surface area contributed by atoms with Gasteiger partial charge in [0, 0.05) is 6.54 Å². The molecule has 0 spiro atoms. The molecule has 0 amide bonds. The van der Waals surface area contributed by atoms with E-state index in [1.807, 2.05) is 6.07 Å². The maximum atomic E-state index is 5.73. The van der Waals surface area contributed by atoms with E-state index in [1.165, 1.54) is 6.42 Å². The van der Waals surface area contributed by atoms with Gasteiger partial charge in [0.2, 0.25) is 0 Å². The van der Waals surface area contributed by atoms with Crippen molar-refractivity contribution in [3.63, 3.8) is 0 Å². The molecule has 1 aromatic rings. The molecule has 0 radical (unpaired) electrons. The largest absolute Gasteiger partial charge is 0.487 e. The molecule has 0 aromatic carbocycles. The molecule has 0 bridgehead atoms. The highest BCUT2D eigenvalue weighted by Crippen LogP contribution is 2.16. The van der Waals surface area contributed by atoms with E-state index in [0.29, 0.717) is 5.15 Å². The lowest BCUT2D eigenvalue weighted by atomic mass is 10.1. The zero-order chi connectivity index (χ0) is 9.80. The van der Waals surface area contributed by atoms with Crippen LogP contribution in [0.15, 0.2) is 18.3 Å². The molecule has 2 heterocycles. The van der Waals surface area contributed by atoms with E-state index >= 15 is 0 Å². The van der Waals surface area contributed by atoms with Crippen LogP contribution in [0.4, 0.5) is 0 Å². The third-order valence-corrected chi connectivity index (χ3v) is 2.48. The van der Waals surface area contributed by atoms with Gasteiger partial charge in [-0.05, 0) is 31.5 Å². The lowest BCUT2D eigenvalue weighted by molar-refractivity contribution is 0.166. The second-order valence-corrected chi connectivity index (χ2v) is 3.79. The number of piperidine rings is 1. The quantitative estimate of drug-likeness (QED) is 0.760. The van der Waals surface area contributed by atoms with Crippen LogP contribution in [0.3, 0.4) is 0 Å². The summed E-state index contributed by atoms with van der Waals surface area (Å²) in [4.78, 5) is 3.96. The summed E-state index contributed by atoms with van der Waals surface area (Å²) in [5.74, 6) is 0.795. The maximum Gasteiger partial charge on any atom is 0.138 e. The SMILES string of the molecule is Clc1ccc(OC2CCCNC2)cn1. The summed E-state index contributed by atoms with van der Waals surface area (Å²) in [6.45, 7) is 2.02. The van der Waals surface area contributed by atoms with Gasteiger partial charge in [0.25, 0.3) is 0 Å². The predicted molar refractivity (Wildman–Crippen MR) is 55.8 cm³/mol. The topological polar surface area (TPSA) is 34.1 Å². The van der Waals surface area contributed by atoms with Gasteiger partial charge in [-0.3, -0.25) is 0 Å². The highest BCUT2D eigenvalue weighted by atomic mass is 35.5. The third kappa shape index (κ3) is 2.59. The van der Waals surface area contributed by atoms with E-state index in [-0.39, 0.29) is 6.10 Å². The Morgan fingerprint density at radius 1 is 1.50 bits per heavy atom. The molecule has 14 heavy (non-hydrogen) atoms. The number of nitrogens with one attached hydrogen (secondary N) is 1. The summed E-state index contributed by atoms with van der Waals surface area (Å²) in [5, 5.41) is 3.79. The normalized spacial score (nSPS) is 21.9. The highest BCUT2D eigenvalue weighted by Gasteiger charge is 2.13. The molecule has 1 N–H and O–H groups in total. The van der Waals surface area contributed by atoms with E-state index in [9.17, 15) is 0 Å². The van der Waals surface area contributed by atoms with Crippen molar-refractivity contribution in [3.8, 4) is 5.75 Å². The van der Waals surface area contributed by atoms with Crippen LogP contribution in [0, 0.1) is 0 Å². The van der Waals surface area contributed by atoms with Gasteiger partial charge < -0.3 is 10.1 Å². The number of aromatic nitrogens is 1. The lowest BCUT2D eigenvalue weighted by Crippen LogP contribution is -2.37. The van der Waals surface area contributed by atoms with E-state index < -0.39 is 0 Å². The Morgan fingerprint density at radius 3 is 3.07 bits per heavy atom. The second-order valence-electron chi connectivity index (χ2n) is 3.40. The van der Waals surface area contributed by atoms with E-state index in [1.54, 1.807) is 12.3 Å². The van der Waals surface area contributed by atoms with Crippen molar-refractivity contribution in [3.05, 3.63) is 23.5 Å². The second kappa shape index (κ2) is 4.62. The van der Waals surface area contributed by atoms with Gasteiger partial charge in [-0.15, -0.1) is 0 Å². The van der Waals surface area contributed by atoms with Crippen LogP contribution in [0.2, 0.25) is 5.15 Å². The van der Waals surface area contributed by atoms with Gasteiger partial charge in [-0.1, -0.05) is 11.6 Å². The zero-order valence-electron chi connectivity index (χ0n) is 7.87. The molecule has 0 aliphatic carbocycles. The minimum atomic E-state index is 0.270. The molecule has 1 aromatic heterocycles. The first kappa shape index (κ1) is 9.74. The van der Waals surface area contributed by atoms with Crippen molar-refractivity contribution in [2.24, 2.45) is 0 Å². The Labute approximate surface area is 88.4 Å². The van der Waals surface area contributed by atoms with Crippen molar-refractivity contribution < 1.29 is 4.74 Å². The first-order valence-corrected chi connectivity index (χ1v) is 5.21. The van der Waals surface area contributed by atoms with Crippen molar-refractivity contribution >= 4 is 11.6 Å². The van der Waals surface area contributed by atoms with Crippen molar-refractivity contribution in [1.29, 1.82) is 0 Å². The molecule has 1 aliphatic rings. The van der Waals surface area contributed by atoms with Gasteiger partial charge in [-0.2, -0.15) is 0 Å². The molecule has 1 aliphatic heterocycles. The van der Waals surface area contributed by atoms with E-state index in [0.717, 1.165) is 25.3 Å². The van der Waals surface area contributed by atoms with Gasteiger partial charge in [0.15, 0.2) is 0 Å². The molecular weight excluding hydrogens is 200 g/mol. The van der Waals surface area contributed by atoms with E-state index in [2.05, 4.69) is 10.3 Å². The van der Waals surface area contributed by atoms with Gasteiger partial charge in [0.1, 0.15) is 17.0 Å². The van der Waals surface area contributed by atoms with Gasteiger partial charge >= 0.3 is 0 Å². The standard InChI is InChI=1S/C10H13ClN2O/c11-10-4-3-9(7-13-10)14-8-2-1-5-12-6-8/h3-4,7-8,12H,1-2,5-6H2. The predicted octanol–water partition coefficient (Wildman–Crippen LogP) is 1.87. The smallest absolute Gasteiger partial charge is 0.138 e. The number of rotatable bonds is 2. The summed E-state index contributed by atoms with van der Waals surface area (Å²) in [7, 11) is 0. The lowest BCUT2D eigenvalue weighted by Gasteiger charge is -2.23. The Hall–Kier alpha value is -0.800. The van der Waals surface area contributed by atoms with Crippen LogP contribution in [-0.4, -0.2) is 24.2 Å². The first-order valence-electron chi connectivity index (χ1n) is 4.83. The Balaban J connectivity index is 1.92. The van der Waals surface area contributed by atoms with Crippen LogP contribution in [-0.2, 0) is 0 Å². The monoisotopic (exact) mass is 212 g/mol. The fourth-order valence-electron chi connectivity index (χ4n) is 1.54. The Morgan fingerprint density at radius 2 is 2.43 bits per heavy atom.